The zero-order chi connectivity index (χ0) is 14.8. The average Bonchev–Trinajstić information content (AvgIpc) is 2.46. The molecule has 0 bridgehead atoms. The number of aliphatic carboxylic acids is 1. The molecule has 0 radical (unpaired) electrons. The van der Waals surface area contributed by atoms with E-state index < -0.39 is 5.97 Å². The van der Waals surface area contributed by atoms with Crippen LogP contribution < -0.4 is 4.74 Å². The van der Waals surface area contributed by atoms with E-state index in [9.17, 15) is 4.79 Å². The summed E-state index contributed by atoms with van der Waals surface area (Å²) in [6, 6.07) is 7.94. The van der Waals surface area contributed by atoms with Crippen molar-refractivity contribution in [3.63, 3.8) is 0 Å². The highest BCUT2D eigenvalue weighted by Gasteiger charge is 2.02. The fourth-order valence-electron chi connectivity index (χ4n) is 1.87. The van der Waals surface area contributed by atoms with Crippen LogP contribution in [0, 0.1) is 0 Å². The number of unbranched alkanes of at least 4 members (excludes halogenated alkanes) is 1. The van der Waals surface area contributed by atoms with E-state index in [1.807, 2.05) is 30.4 Å². The molecule has 0 fully saturated rings. The molecule has 3 nitrogen and oxygen atoms in total. The Labute approximate surface area is 120 Å². The fraction of sp³-hybridized carbons (Fsp3) is 0.353. The Hall–Kier alpha value is -2.03. The number of hydrogen-bond donors (Lipinski definition) is 1. The molecule has 0 spiro atoms. The Balaban J connectivity index is 2.89. The van der Waals surface area contributed by atoms with Gasteiger partial charge in [-0.05, 0) is 36.1 Å². The second kappa shape index (κ2) is 8.97. The van der Waals surface area contributed by atoms with Crippen molar-refractivity contribution in [2.45, 2.75) is 32.6 Å². The summed E-state index contributed by atoms with van der Waals surface area (Å²) in [7, 11) is 1.65. The number of carbonyl (C=O) groups is 1. The molecular formula is C17H22O3. The van der Waals surface area contributed by atoms with Crippen molar-refractivity contribution in [1.82, 2.24) is 0 Å². The summed E-state index contributed by atoms with van der Waals surface area (Å²) < 4.78 is 5.24. The van der Waals surface area contributed by atoms with E-state index in [4.69, 9.17) is 9.84 Å². The number of ether oxygens (including phenoxy) is 1. The lowest BCUT2D eigenvalue weighted by Crippen LogP contribution is -1.90. The maximum absolute atomic E-state index is 10.5. The summed E-state index contributed by atoms with van der Waals surface area (Å²) in [5, 5.41) is 8.62. The van der Waals surface area contributed by atoms with Crippen molar-refractivity contribution in [2.75, 3.05) is 7.11 Å². The lowest BCUT2D eigenvalue weighted by atomic mass is 9.99. The summed E-state index contributed by atoms with van der Waals surface area (Å²) in [6.45, 7) is 2.16. The van der Waals surface area contributed by atoms with Crippen LogP contribution in [0.2, 0.25) is 0 Å². The van der Waals surface area contributed by atoms with Gasteiger partial charge in [-0.3, -0.25) is 4.79 Å². The van der Waals surface area contributed by atoms with Gasteiger partial charge in [0.05, 0.1) is 13.5 Å². The quantitative estimate of drug-likeness (QED) is 0.719. The van der Waals surface area contributed by atoms with Crippen molar-refractivity contribution >= 4 is 11.5 Å². The molecule has 0 aliphatic heterocycles. The first-order valence-corrected chi connectivity index (χ1v) is 6.89. The smallest absolute Gasteiger partial charge is 0.307 e. The van der Waals surface area contributed by atoms with Gasteiger partial charge < -0.3 is 9.84 Å². The highest BCUT2D eigenvalue weighted by Crippen LogP contribution is 2.24. The van der Waals surface area contributed by atoms with Gasteiger partial charge in [0.2, 0.25) is 0 Å². The van der Waals surface area contributed by atoms with Gasteiger partial charge in [0, 0.05) is 0 Å². The minimum Gasteiger partial charge on any atom is -0.497 e. The van der Waals surface area contributed by atoms with Crippen LogP contribution in [0.15, 0.2) is 42.5 Å². The molecule has 1 N–H and O–H groups in total. The molecule has 0 amide bonds. The zero-order valence-electron chi connectivity index (χ0n) is 12.1. The predicted octanol–water partition coefficient (Wildman–Crippen LogP) is 4.30. The van der Waals surface area contributed by atoms with E-state index in [2.05, 4.69) is 13.0 Å². The molecule has 1 aromatic rings. The summed E-state index contributed by atoms with van der Waals surface area (Å²) in [4.78, 5) is 10.5. The maximum Gasteiger partial charge on any atom is 0.307 e. The molecule has 20 heavy (non-hydrogen) atoms. The molecule has 0 aliphatic rings. The van der Waals surface area contributed by atoms with E-state index in [-0.39, 0.29) is 6.42 Å². The van der Waals surface area contributed by atoms with Gasteiger partial charge >= 0.3 is 5.97 Å². The van der Waals surface area contributed by atoms with Gasteiger partial charge in [-0.2, -0.15) is 0 Å². The van der Waals surface area contributed by atoms with Crippen molar-refractivity contribution in [3.05, 3.63) is 48.1 Å². The first-order chi connectivity index (χ1) is 9.67. The molecule has 1 aromatic carbocycles. The summed E-state index contributed by atoms with van der Waals surface area (Å²) in [5.74, 6) is 0.0190. The Morgan fingerprint density at radius 1 is 1.40 bits per heavy atom. The largest absolute Gasteiger partial charge is 0.497 e. The first-order valence-electron chi connectivity index (χ1n) is 6.89. The van der Waals surface area contributed by atoms with Gasteiger partial charge in [-0.25, -0.2) is 0 Å². The van der Waals surface area contributed by atoms with Crippen LogP contribution in [0.5, 0.6) is 5.75 Å². The molecule has 0 heterocycles. The molecule has 1 rings (SSSR count). The maximum atomic E-state index is 10.5. The monoisotopic (exact) mass is 274 g/mol. The second-order valence-electron chi connectivity index (χ2n) is 4.55. The topological polar surface area (TPSA) is 46.5 Å². The number of carboxylic acids is 1. The van der Waals surface area contributed by atoms with Crippen molar-refractivity contribution in [3.8, 4) is 5.75 Å². The van der Waals surface area contributed by atoms with Crippen molar-refractivity contribution in [1.29, 1.82) is 0 Å². The predicted molar refractivity (Wildman–Crippen MR) is 81.9 cm³/mol. The molecule has 0 atom stereocenters. The molecular weight excluding hydrogens is 252 g/mol. The molecule has 0 unspecified atom stereocenters. The third-order valence-electron chi connectivity index (χ3n) is 2.97. The third kappa shape index (κ3) is 5.74. The van der Waals surface area contributed by atoms with Crippen LogP contribution in [0.4, 0.5) is 0 Å². The van der Waals surface area contributed by atoms with Crippen molar-refractivity contribution in [2.24, 2.45) is 0 Å². The third-order valence-corrected chi connectivity index (χ3v) is 2.97. The van der Waals surface area contributed by atoms with Crippen LogP contribution >= 0.6 is 0 Å². The van der Waals surface area contributed by atoms with E-state index in [0.717, 1.165) is 30.6 Å². The molecule has 0 saturated heterocycles. The minimum absolute atomic E-state index is 0.0513. The van der Waals surface area contributed by atoms with E-state index >= 15 is 0 Å². The molecule has 0 aromatic heterocycles. The summed E-state index contributed by atoms with van der Waals surface area (Å²) in [5.41, 5.74) is 2.32. The minimum atomic E-state index is -0.814. The van der Waals surface area contributed by atoms with Gasteiger partial charge in [0.15, 0.2) is 0 Å². The number of allylic oxidation sites excluding steroid dienone is 3. The first kappa shape index (κ1) is 16.0. The van der Waals surface area contributed by atoms with Gasteiger partial charge in [-0.15, -0.1) is 0 Å². The van der Waals surface area contributed by atoms with Gasteiger partial charge in [0.25, 0.3) is 0 Å². The van der Waals surface area contributed by atoms with E-state index in [0.29, 0.717) is 0 Å². The van der Waals surface area contributed by atoms with Crippen LogP contribution in [0.25, 0.3) is 5.57 Å². The number of carboxylic acid groups (broad SMARTS) is 1. The number of rotatable bonds is 8. The van der Waals surface area contributed by atoms with E-state index in [1.165, 1.54) is 5.57 Å². The highest BCUT2D eigenvalue weighted by molar-refractivity contribution is 5.70. The Morgan fingerprint density at radius 3 is 2.85 bits per heavy atom. The Bertz CT molecular complexity index is 487. The zero-order valence-corrected chi connectivity index (χ0v) is 12.1. The van der Waals surface area contributed by atoms with Gasteiger partial charge in [0.1, 0.15) is 5.75 Å². The number of benzene rings is 1. The summed E-state index contributed by atoms with van der Waals surface area (Å²) >= 11 is 0. The number of hydrogen-bond acceptors (Lipinski definition) is 2. The molecule has 0 aliphatic carbocycles. The van der Waals surface area contributed by atoms with Crippen LogP contribution in [-0.4, -0.2) is 18.2 Å². The Morgan fingerprint density at radius 2 is 2.20 bits per heavy atom. The normalized spacial score (nSPS) is 11.8. The van der Waals surface area contributed by atoms with E-state index in [1.54, 1.807) is 13.2 Å². The number of methoxy groups -OCH3 is 1. The lowest BCUT2D eigenvalue weighted by Gasteiger charge is -2.08. The van der Waals surface area contributed by atoms with Crippen LogP contribution in [0.1, 0.15) is 38.2 Å². The molecule has 108 valence electrons. The van der Waals surface area contributed by atoms with Crippen LogP contribution in [0.3, 0.4) is 0 Å². The Kier molecular flexibility index (Phi) is 7.18. The average molecular weight is 274 g/mol. The van der Waals surface area contributed by atoms with Crippen LogP contribution in [-0.2, 0) is 4.79 Å². The molecule has 3 heteroatoms. The SMILES string of the molecule is CCCC/C(=C/C=C/CC(=O)O)c1cccc(OC)c1. The van der Waals surface area contributed by atoms with Gasteiger partial charge in [-0.1, -0.05) is 43.7 Å². The highest BCUT2D eigenvalue weighted by atomic mass is 16.5. The standard InChI is InChI=1S/C17H22O3/c1-3-4-8-14(9-5-6-12-17(18)19)15-10-7-11-16(13-15)20-2/h5-7,9-11,13H,3-4,8,12H2,1-2H3,(H,18,19)/b6-5+,14-9-. The second-order valence-corrected chi connectivity index (χ2v) is 4.55. The fourth-order valence-corrected chi connectivity index (χ4v) is 1.87. The lowest BCUT2D eigenvalue weighted by molar-refractivity contribution is -0.136. The summed E-state index contributed by atoms with van der Waals surface area (Å²) in [6.07, 6.45) is 8.73. The molecule has 0 saturated carbocycles. The van der Waals surface area contributed by atoms with Crippen molar-refractivity contribution < 1.29 is 14.6 Å².